The first-order chi connectivity index (χ1) is 4.61. The fourth-order valence-electron chi connectivity index (χ4n) is 0.682. The molecule has 0 aliphatic rings. The predicted molar refractivity (Wildman–Crippen MR) is 48.9 cm³/mol. The topological polar surface area (TPSA) is 0 Å². The van der Waals surface area contributed by atoms with Crippen LogP contribution in [0.4, 0.5) is 4.39 Å². The summed E-state index contributed by atoms with van der Waals surface area (Å²) < 4.78 is 13.3. The molecule has 0 nitrogen and oxygen atoms in total. The molecule has 0 fully saturated rings. The number of aryl methyl sites for hydroxylation is 1. The molecule has 0 saturated heterocycles. The molecule has 0 aliphatic heterocycles. The van der Waals surface area contributed by atoms with E-state index in [-0.39, 0.29) is 10.8 Å². The van der Waals surface area contributed by atoms with Gasteiger partial charge in [-0.3, -0.25) is 0 Å². The Balaban J connectivity index is 3.31. The Bertz CT molecular complexity index is 237. The van der Waals surface area contributed by atoms with Gasteiger partial charge in [-0.15, -0.1) is 0 Å². The lowest BCUT2D eigenvalue weighted by Gasteiger charge is -1.98. The fraction of sp³-hybridized carbons (Fsp3) is 0.143. The van der Waals surface area contributed by atoms with E-state index in [9.17, 15) is 4.39 Å². The van der Waals surface area contributed by atoms with Gasteiger partial charge in [-0.1, -0.05) is 11.6 Å². The first-order valence-corrected chi connectivity index (χ1v) is 4.18. The van der Waals surface area contributed by atoms with Gasteiger partial charge in [0.1, 0.15) is 0 Å². The van der Waals surface area contributed by atoms with E-state index >= 15 is 0 Å². The first-order valence-electron chi connectivity index (χ1n) is 2.72. The molecule has 0 aromatic heterocycles. The summed E-state index contributed by atoms with van der Waals surface area (Å²) in [5, 5.41) is 0.199. The molecule has 0 unspecified atom stereocenters. The Morgan fingerprint density at radius 2 is 2.10 bits per heavy atom. The highest BCUT2D eigenvalue weighted by Crippen LogP contribution is 2.21. The Kier molecular flexibility index (Phi) is 2.52. The van der Waals surface area contributed by atoms with Gasteiger partial charge in [0.15, 0.2) is 5.82 Å². The van der Waals surface area contributed by atoms with Crippen molar-refractivity contribution in [1.29, 1.82) is 0 Å². The zero-order chi connectivity index (χ0) is 7.72. The van der Waals surface area contributed by atoms with E-state index in [1.807, 2.05) is 29.5 Å². The zero-order valence-corrected chi connectivity index (χ0v) is 8.20. The number of halogens is 3. The zero-order valence-electron chi connectivity index (χ0n) is 5.29. The van der Waals surface area contributed by atoms with E-state index in [1.165, 1.54) is 0 Å². The van der Waals surface area contributed by atoms with E-state index < -0.39 is 0 Å². The van der Waals surface area contributed by atoms with Crippen molar-refractivity contribution in [3.63, 3.8) is 0 Å². The van der Waals surface area contributed by atoms with E-state index in [0.29, 0.717) is 3.57 Å². The average Bonchev–Trinajstić information content (AvgIpc) is 1.82. The third-order valence-corrected chi connectivity index (χ3v) is 2.19. The molecule has 0 amide bonds. The van der Waals surface area contributed by atoms with Gasteiger partial charge < -0.3 is 0 Å². The molecular weight excluding hydrogens is 265 g/mol. The molecule has 3 heteroatoms. The van der Waals surface area contributed by atoms with Crippen LogP contribution in [0.5, 0.6) is 0 Å². The largest absolute Gasteiger partial charge is 0.204 e. The molecule has 0 radical (unpaired) electrons. The Morgan fingerprint density at radius 3 is 2.60 bits per heavy atom. The fourth-order valence-corrected chi connectivity index (χ4v) is 1.90. The molecule has 0 atom stereocenters. The molecule has 0 heterocycles. The van der Waals surface area contributed by atoms with E-state index in [1.54, 1.807) is 12.1 Å². The molecule has 0 aliphatic carbocycles. The minimum Gasteiger partial charge on any atom is -0.204 e. The molecule has 0 spiro atoms. The molecule has 0 saturated carbocycles. The summed E-state index contributed by atoms with van der Waals surface area (Å²) in [7, 11) is 0. The summed E-state index contributed by atoms with van der Waals surface area (Å²) in [5.74, 6) is -0.326. The van der Waals surface area contributed by atoms with Gasteiger partial charge in [0.05, 0.1) is 8.59 Å². The van der Waals surface area contributed by atoms with Crippen LogP contribution >= 0.6 is 34.2 Å². The van der Waals surface area contributed by atoms with Crippen molar-refractivity contribution < 1.29 is 4.39 Å². The smallest absolute Gasteiger partial charge is 0.155 e. The van der Waals surface area contributed by atoms with Gasteiger partial charge in [0, 0.05) is 0 Å². The molecule has 0 N–H and O–H groups in total. The monoisotopic (exact) mass is 270 g/mol. The van der Waals surface area contributed by atoms with Crippen LogP contribution in [-0.2, 0) is 0 Å². The SMILES string of the molecule is Cc1cc(Cl)c(F)c(I)c1. The minimum absolute atomic E-state index is 0.199. The maximum absolute atomic E-state index is 12.8. The maximum atomic E-state index is 12.8. The van der Waals surface area contributed by atoms with Crippen LogP contribution in [0.3, 0.4) is 0 Å². The first kappa shape index (κ1) is 8.27. The van der Waals surface area contributed by atoms with Gasteiger partial charge in [0.25, 0.3) is 0 Å². The van der Waals surface area contributed by atoms with Crippen molar-refractivity contribution in [2.45, 2.75) is 6.92 Å². The summed E-state index contributed by atoms with van der Waals surface area (Å²) in [5.41, 5.74) is 0.982. The second-order valence-corrected chi connectivity index (χ2v) is 3.61. The molecule has 1 aromatic rings. The van der Waals surface area contributed by atoms with Crippen LogP contribution in [0, 0.1) is 16.3 Å². The highest BCUT2D eigenvalue weighted by molar-refractivity contribution is 14.1. The van der Waals surface area contributed by atoms with Gasteiger partial charge >= 0.3 is 0 Å². The maximum Gasteiger partial charge on any atom is 0.155 e. The number of benzene rings is 1. The lowest BCUT2D eigenvalue weighted by Crippen LogP contribution is -1.84. The van der Waals surface area contributed by atoms with Gasteiger partial charge in [-0.25, -0.2) is 4.39 Å². The quantitative estimate of drug-likeness (QED) is 0.501. The van der Waals surface area contributed by atoms with E-state index in [0.717, 1.165) is 5.56 Å². The summed E-state index contributed by atoms with van der Waals surface area (Å²) in [6.45, 7) is 1.88. The van der Waals surface area contributed by atoms with Crippen molar-refractivity contribution in [3.8, 4) is 0 Å². The highest BCUT2D eigenvalue weighted by Gasteiger charge is 2.03. The summed E-state index contributed by atoms with van der Waals surface area (Å²) in [6.07, 6.45) is 0. The molecule has 0 bridgehead atoms. The van der Waals surface area contributed by atoms with Gasteiger partial charge in [-0.05, 0) is 47.2 Å². The van der Waals surface area contributed by atoms with Crippen molar-refractivity contribution in [2.24, 2.45) is 0 Å². The van der Waals surface area contributed by atoms with Crippen molar-refractivity contribution in [2.75, 3.05) is 0 Å². The average molecular weight is 270 g/mol. The number of hydrogen-bond acceptors (Lipinski definition) is 0. The van der Waals surface area contributed by atoms with Crippen molar-refractivity contribution in [3.05, 3.63) is 32.1 Å². The molecule has 54 valence electrons. The highest BCUT2D eigenvalue weighted by atomic mass is 127. The van der Waals surface area contributed by atoms with Crippen LogP contribution in [0.15, 0.2) is 12.1 Å². The molecule has 1 rings (SSSR count). The third-order valence-electron chi connectivity index (χ3n) is 1.13. The molecular formula is C7H5ClFI. The van der Waals surface area contributed by atoms with Gasteiger partial charge in [0.2, 0.25) is 0 Å². The molecule has 1 aromatic carbocycles. The summed E-state index contributed by atoms with van der Waals surface area (Å²) in [6, 6.07) is 3.36. The number of rotatable bonds is 0. The van der Waals surface area contributed by atoms with Crippen LogP contribution < -0.4 is 0 Å². The number of hydrogen-bond donors (Lipinski definition) is 0. The van der Waals surface area contributed by atoms with E-state index in [2.05, 4.69) is 0 Å². The Morgan fingerprint density at radius 1 is 1.50 bits per heavy atom. The van der Waals surface area contributed by atoms with Gasteiger partial charge in [-0.2, -0.15) is 0 Å². The Labute approximate surface area is 77.5 Å². The van der Waals surface area contributed by atoms with Crippen molar-refractivity contribution >= 4 is 34.2 Å². The van der Waals surface area contributed by atoms with E-state index in [4.69, 9.17) is 11.6 Å². The minimum atomic E-state index is -0.326. The van der Waals surface area contributed by atoms with Crippen LogP contribution in [0.1, 0.15) is 5.56 Å². The lowest BCUT2D eigenvalue weighted by atomic mass is 10.2. The second kappa shape index (κ2) is 3.05. The van der Waals surface area contributed by atoms with Crippen LogP contribution in [0.25, 0.3) is 0 Å². The molecule has 10 heavy (non-hydrogen) atoms. The third kappa shape index (κ3) is 1.61. The van der Waals surface area contributed by atoms with Crippen LogP contribution in [-0.4, -0.2) is 0 Å². The van der Waals surface area contributed by atoms with Crippen molar-refractivity contribution in [1.82, 2.24) is 0 Å². The predicted octanol–water partition coefficient (Wildman–Crippen LogP) is 3.39. The standard InChI is InChI=1S/C7H5ClFI/c1-4-2-5(8)7(9)6(10)3-4/h2-3H,1H3. The van der Waals surface area contributed by atoms with Crippen LogP contribution in [0.2, 0.25) is 5.02 Å². The second-order valence-electron chi connectivity index (χ2n) is 2.04. The summed E-state index contributed by atoms with van der Waals surface area (Å²) in [4.78, 5) is 0. The lowest BCUT2D eigenvalue weighted by molar-refractivity contribution is 0.620. The normalized spacial score (nSPS) is 10.0. The summed E-state index contributed by atoms with van der Waals surface area (Å²) >= 11 is 7.46. The Hall–Kier alpha value is 0.170.